The van der Waals surface area contributed by atoms with E-state index >= 15 is 0 Å². The molecule has 0 saturated heterocycles. The zero-order valence-corrected chi connectivity index (χ0v) is 80.2. The van der Waals surface area contributed by atoms with Gasteiger partial charge in [0, 0.05) is 115 Å². The molecule has 15 heteroatoms. The normalized spacial score (nSPS) is 11.6. The third kappa shape index (κ3) is 16.3. The fraction of sp³-hybridized carbons (Fsp3) is 0. The van der Waals surface area contributed by atoms with Crippen LogP contribution in [0.4, 0.5) is 0 Å². The fourth-order valence-electron chi connectivity index (χ4n) is 20.5. The number of hydrogen-bond donors (Lipinski definition) is 0. The van der Waals surface area contributed by atoms with Gasteiger partial charge in [0.15, 0.2) is 52.4 Å². The summed E-state index contributed by atoms with van der Waals surface area (Å²) < 4.78 is 36.7. The van der Waals surface area contributed by atoms with Crippen molar-refractivity contribution >= 4 is 132 Å². The van der Waals surface area contributed by atoms with Gasteiger partial charge < -0.3 is 26.5 Å². The molecule has 0 aliphatic carbocycles. The Kier molecular flexibility index (Phi) is 21.5. The molecule has 0 radical (unpaired) electrons. The van der Waals surface area contributed by atoms with Gasteiger partial charge in [-0.2, -0.15) is 0 Å². The summed E-state index contributed by atoms with van der Waals surface area (Å²) >= 11 is 0. The van der Waals surface area contributed by atoms with Gasteiger partial charge in [0.2, 0.25) is 0 Å². The SMILES string of the molecule is c1ccc(-c2nc(-c3ccc(-c4ccc5c(c4)oc4ccccc45)cc3)nc(-c3ccc(-c4ccc5c(c4)oc4ccccc45)cc3)n2)cc1.c1ccc(-c2nc(-c3ccc(-c4ccc5oc6ccccc6c5c4)cc3)nc(-c3ccc(-c4ccc5oc6ccccc6c5c4)cc3)n2)cc1.c1ccc(-c2nc(-c3ccc(-c4cccc5oc6ccccc6c45)cc3)nc(-c3ccc(-c4cccc5oc6ccccc6c45)cc3)n2)cc1. The van der Waals surface area contributed by atoms with Gasteiger partial charge in [-0.1, -0.05) is 394 Å². The Hall–Kier alpha value is -20.6. The minimum atomic E-state index is 0.617. The molecular weight excluding hydrogens is 1840 g/mol. The molecule has 21 aromatic carbocycles. The molecule has 0 aliphatic rings. The number of para-hydroxylation sites is 6. The number of furan rings is 6. The molecule has 9 aromatic heterocycles. The van der Waals surface area contributed by atoms with E-state index in [0.717, 1.165) is 248 Å². The summed E-state index contributed by atoms with van der Waals surface area (Å²) in [4.78, 5) is 44.7. The maximum atomic E-state index is 6.15. The summed E-state index contributed by atoms with van der Waals surface area (Å²) in [7, 11) is 0. The number of hydrogen-bond acceptors (Lipinski definition) is 15. The first kappa shape index (κ1) is 87.3. The molecule has 0 N–H and O–H groups in total. The van der Waals surface area contributed by atoms with Crippen molar-refractivity contribution in [3.8, 4) is 169 Å². The minimum Gasteiger partial charge on any atom is -0.456 e. The zero-order chi connectivity index (χ0) is 99.1. The van der Waals surface area contributed by atoms with Crippen LogP contribution in [0.5, 0.6) is 0 Å². The van der Waals surface area contributed by atoms with Crippen molar-refractivity contribution < 1.29 is 26.5 Å². The highest BCUT2D eigenvalue weighted by molar-refractivity contribution is 6.15. The second-order valence-electron chi connectivity index (χ2n) is 37.3. The van der Waals surface area contributed by atoms with Crippen LogP contribution in [0.2, 0.25) is 0 Å². The van der Waals surface area contributed by atoms with E-state index in [1.807, 2.05) is 224 Å². The van der Waals surface area contributed by atoms with Crippen LogP contribution in [0.3, 0.4) is 0 Å². The molecule has 702 valence electrons. The number of nitrogens with zero attached hydrogens (tertiary/aromatic N) is 9. The Morgan fingerprint density at radius 3 is 0.567 bits per heavy atom. The molecule has 0 amide bonds. The van der Waals surface area contributed by atoms with Gasteiger partial charge in [0.05, 0.1) is 0 Å². The molecule has 30 aromatic rings. The van der Waals surface area contributed by atoms with Crippen molar-refractivity contribution in [1.82, 2.24) is 44.9 Å². The van der Waals surface area contributed by atoms with Crippen LogP contribution in [0.25, 0.3) is 301 Å². The molecule has 0 fully saturated rings. The van der Waals surface area contributed by atoms with E-state index in [-0.39, 0.29) is 0 Å². The molecular formula is C135H81N9O6. The molecule has 0 bridgehead atoms. The molecule has 0 aliphatic heterocycles. The highest BCUT2D eigenvalue weighted by Gasteiger charge is 2.23. The molecule has 0 spiro atoms. The fourth-order valence-corrected chi connectivity index (χ4v) is 20.5. The average Bonchev–Trinajstić information content (AvgIpc) is 1.65. The highest BCUT2D eigenvalue weighted by Crippen LogP contribution is 2.45. The lowest BCUT2D eigenvalue weighted by Gasteiger charge is -2.10. The summed E-state index contributed by atoms with van der Waals surface area (Å²) in [6, 6.07) is 167. The summed E-state index contributed by atoms with van der Waals surface area (Å²) in [6.45, 7) is 0. The molecule has 9 heterocycles. The van der Waals surface area contributed by atoms with E-state index in [0.29, 0.717) is 52.4 Å². The van der Waals surface area contributed by atoms with Crippen LogP contribution in [0, 0.1) is 0 Å². The van der Waals surface area contributed by atoms with E-state index in [4.69, 9.17) is 71.4 Å². The third-order valence-electron chi connectivity index (χ3n) is 28.1. The second kappa shape index (κ2) is 37.0. The average molecular weight is 1930 g/mol. The Balaban J connectivity index is 0.000000108. The van der Waals surface area contributed by atoms with Crippen molar-refractivity contribution in [3.63, 3.8) is 0 Å². The van der Waals surface area contributed by atoms with Crippen LogP contribution >= 0.6 is 0 Å². The van der Waals surface area contributed by atoms with Crippen LogP contribution in [0.15, 0.2) is 518 Å². The Bertz CT molecular complexity index is 9920. The van der Waals surface area contributed by atoms with Crippen molar-refractivity contribution in [3.05, 3.63) is 491 Å². The predicted molar refractivity (Wildman–Crippen MR) is 605 cm³/mol. The van der Waals surface area contributed by atoms with Crippen molar-refractivity contribution in [2.45, 2.75) is 0 Å². The third-order valence-corrected chi connectivity index (χ3v) is 28.1. The van der Waals surface area contributed by atoms with E-state index in [9.17, 15) is 0 Å². The van der Waals surface area contributed by atoms with E-state index in [1.54, 1.807) is 0 Å². The smallest absolute Gasteiger partial charge is 0.164 e. The summed E-state index contributed by atoms with van der Waals surface area (Å²) in [5.74, 6) is 5.61. The number of benzene rings is 21. The van der Waals surface area contributed by atoms with Gasteiger partial charge in [-0.05, 0) is 164 Å². The van der Waals surface area contributed by atoms with Crippen molar-refractivity contribution in [2.24, 2.45) is 0 Å². The van der Waals surface area contributed by atoms with Gasteiger partial charge in [-0.3, -0.25) is 0 Å². The van der Waals surface area contributed by atoms with Gasteiger partial charge in [0.25, 0.3) is 0 Å². The number of fused-ring (bicyclic) bond motifs is 18. The topological polar surface area (TPSA) is 195 Å². The lowest BCUT2D eigenvalue weighted by Crippen LogP contribution is -2.00. The molecule has 0 atom stereocenters. The van der Waals surface area contributed by atoms with Crippen molar-refractivity contribution in [2.75, 3.05) is 0 Å². The lowest BCUT2D eigenvalue weighted by molar-refractivity contribution is 0.668. The standard InChI is InChI=1S/3C45H27N3O2/c1-2-10-30(11-3-1)43-46-44(31-24-20-28(21-25-31)33-14-8-18-39-41(33)35-12-4-6-16-37(35)49-39)48-45(47-43)32-26-22-29(23-27-32)34-15-9-19-40-42(34)36-13-5-7-17-38(36)50-40;1-2-8-30(9-3-1)43-46-44(31-18-14-28(15-19-31)33-22-24-41-37(26-33)35-10-4-6-12-39(35)49-41)48-45(47-43)32-20-16-29(17-21-32)34-23-25-42-38(27-34)36-11-5-7-13-40(36)50-42;1-2-8-30(9-3-1)43-46-44(31-18-14-28(15-19-31)33-22-24-37-35-10-4-6-12-39(35)49-41(37)26-33)48-45(47-43)32-20-16-29(17-21-32)34-23-25-38-36-11-5-7-13-40(36)50-42(38)27-34/h3*1-27H. The first-order valence-electron chi connectivity index (χ1n) is 49.8. The first-order chi connectivity index (χ1) is 74.2. The first-order valence-corrected chi connectivity index (χ1v) is 49.8. The van der Waals surface area contributed by atoms with E-state index in [2.05, 4.69) is 267 Å². The van der Waals surface area contributed by atoms with Crippen LogP contribution in [-0.2, 0) is 0 Å². The maximum absolute atomic E-state index is 6.15. The lowest BCUT2D eigenvalue weighted by atomic mass is 9.98. The molecule has 30 rings (SSSR count). The van der Waals surface area contributed by atoms with Crippen molar-refractivity contribution in [1.29, 1.82) is 0 Å². The maximum Gasteiger partial charge on any atom is 0.164 e. The summed E-state index contributed by atoms with van der Waals surface area (Å²) in [5, 5.41) is 13.4. The van der Waals surface area contributed by atoms with Crippen LogP contribution in [0.1, 0.15) is 0 Å². The monoisotopic (exact) mass is 1920 g/mol. The van der Waals surface area contributed by atoms with Gasteiger partial charge in [-0.25, -0.2) is 44.9 Å². The second-order valence-corrected chi connectivity index (χ2v) is 37.3. The van der Waals surface area contributed by atoms with Gasteiger partial charge >= 0.3 is 0 Å². The minimum absolute atomic E-state index is 0.617. The Morgan fingerprint density at radius 2 is 0.280 bits per heavy atom. The molecule has 150 heavy (non-hydrogen) atoms. The van der Waals surface area contributed by atoms with Crippen LogP contribution in [-0.4, -0.2) is 44.9 Å². The highest BCUT2D eigenvalue weighted by atomic mass is 16.3. The number of rotatable bonds is 15. The summed E-state index contributed by atoms with van der Waals surface area (Å²) in [6.07, 6.45) is 0. The van der Waals surface area contributed by atoms with E-state index in [1.165, 1.54) is 0 Å². The summed E-state index contributed by atoms with van der Waals surface area (Å²) in [5.41, 5.74) is 32.2. The van der Waals surface area contributed by atoms with Gasteiger partial charge in [-0.15, -0.1) is 0 Å². The van der Waals surface area contributed by atoms with Gasteiger partial charge in [0.1, 0.15) is 67.0 Å². The largest absolute Gasteiger partial charge is 0.456 e. The van der Waals surface area contributed by atoms with Crippen LogP contribution < -0.4 is 0 Å². The Morgan fingerprint density at radius 1 is 0.100 bits per heavy atom. The zero-order valence-electron chi connectivity index (χ0n) is 80.2. The Labute approximate surface area is 857 Å². The molecule has 15 nitrogen and oxygen atoms in total. The quantitative estimate of drug-likeness (QED) is 0.0939. The van der Waals surface area contributed by atoms with E-state index < -0.39 is 0 Å². The molecule has 0 unspecified atom stereocenters. The number of aromatic nitrogens is 9. The predicted octanol–water partition coefficient (Wildman–Crippen LogP) is 36.0. The molecule has 0 saturated carbocycles.